The van der Waals surface area contributed by atoms with Gasteiger partial charge in [0.2, 0.25) is 0 Å². The molecule has 5 rings (SSSR count). The van der Waals surface area contributed by atoms with Crippen molar-refractivity contribution in [3.63, 3.8) is 0 Å². The molecule has 0 saturated carbocycles. The maximum Gasteiger partial charge on any atom is 0.258 e. The fourth-order valence-electron chi connectivity index (χ4n) is 4.13. The van der Waals surface area contributed by atoms with Crippen LogP contribution < -0.4 is 10.3 Å². The highest BCUT2D eigenvalue weighted by atomic mass is 35.5. The molecule has 0 atom stereocenters. The van der Waals surface area contributed by atoms with Gasteiger partial charge in [-0.2, -0.15) is 0 Å². The Labute approximate surface area is 187 Å². The van der Waals surface area contributed by atoms with Gasteiger partial charge in [-0.15, -0.1) is 12.4 Å². The molecule has 0 saturated heterocycles. The van der Waals surface area contributed by atoms with Crippen LogP contribution in [0.3, 0.4) is 0 Å². The molecule has 0 bridgehead atoms. The maximum absolute atomic E-state index is 12.7. The molecule has 1 aliphatic heterocycles. The largest absolute Gasteiger partial charge is 0.489 e. The van der Waals surface area contributed by atoms with Crippen LogP contribution in [-0.2, 0) is 19.6 Å². The SMILES string of the molecule is CN1CCc2cc3cc(-n4ccc(OCc5ccccc5)cc4=O)ccc3n2CC1.Cl. The molecule has 2 aromatic heterocycles. The smallest absolute Gasteiger partial charge is 0.258 e. The lowest BCUT2D eigenvalue weighted by molar-refractivity contribution is 0.305. The second-order valence-electron chi connectivity index (χ2n) is 7.93. The van der Waals surface area contributed by atoms with E-state index in [0.29, 0.717) is 12.4 Å². The predicted molar refractivity (Wildman–Crippen MR) is 127 cm³/mol. The molecule has 5 nitrogen and oxygen atoms in total. The van der Waals surface area contributed by atoms with Crippen LogP contribution in [0.1, 0.15) is 11.3 Å². The number of fused-ring (bicyclic) bond motifs is 3. The summed E-state index contributed by atoms with van der Waals surface area (Å²) >= 11 is 0. The van der Waals surface area contributed by atoms with Gasteiger partial charge in [0, 0.05) is 60.6 Å². The van der Waals surface area contributed by atoms with Gasteiger partial charge in [0.15, 0.2) is 0 Å². The Hall–Kier alpha value is -3.02. The van der Waals surface area contributed by atoms with Crippen molar-refractivity contribution in [3.8, 4) is 11.4 Å². The molecular formula is C25H26ClN3O2. The molecule has 31 heavy (non-hydrogen) atoms. The van der Waals surface area contributed by atoms with Crippen LogP contribution in [0.15, 0.2) is 77.7 Å². The van der Waals surface area contributed by atoms with Gasteiger partial charge in [-0.05, 0) is 42.9 Å². The molecule has 0 aliphatic carbocycles. The van der Waals surface area contributed by atoms with Crippen molar-refractivity contribution in [3.05, 3.63) is 94.5 Å². The zero-order valence-corrected chi connectivity index (χ0v) is 18.3. The first-order valence-electron chi connectivity index (χ1n) is 10.4. The van der Waals surface area contributed by atoms with E-state index in [-0.39, 0.29) is 18.0 Å². The van der Waals surface area contributed by atoms with Crippen molar-refractivity contribution in [2.24, 2.45) is 0 Å². The lowest BCUT2D eigenvalue weighted by atomic mass is 10.2. The van der Waals surface area contributed by atoms with Crippen molar-refractivity contribution < 1.29 is 4.74 Å². The summed E-state index contributed by atoms with van der Waals surface area (Å²) in [6.07, 6.45) is 2.84. The summed E-state index contributed by atoms with van der Waals surface area (Å²) in [5, 5.41) is 1.18. The van der Waals surface area contributed by atoms with Gasteiger partial charge in [0.1, 0.15) is 12.4 Å². The van der Waals surface area contributed by atoms with Crippen LogP contribution in [0.5, 0.6) is 5.75 Å². The van der Waals surface area contributed by atoms with E-state index in [2.05, 4.69) is 34.7 Å². The van der Waals surface area contributed by atoms with Gasteiger partial charge in [-0.25, -0.2) is 0 Å². The van der Waals surface area contributed by atoms with E-state index >= 15 is 0 Å². The molecular weight excluding hydrogens is 410 g/mol. The van der Waals surface area contributed by atoms with Gasteiger partial charge in [0.05, 0.1) is 0 Å². The molecule has 0 unspecified atom stereocenters. The van der Waals surface area contributed by atoms with Crippen LogP contribution in [0.25, 0.3) is 16.6 Å². The van der Waals surface area contributed by atoms with Crippen molar-refractivity contribution in [1.82, 2.24) is 14.0 Å². The molecule has 2 aromatic carbocycles. The monoisotopic (exact) mass is 435 g/mol. The van der Waals surface area contributed by atoms with E-state index in [9.17, 15) is 4.79 Å². The number of hydrogen-bond donors (Lipinski definition) is 0. The third-order valence-corrected chi connectivity index (χ3v) is 5.84. The van der Waals surface area contributed by atoms with Crippen LogP contribution in [0.4, 0.5) is 0 Å². The number of nitrogens with zero attached hydrogens (tertiary/aromatic N) is 3. The van der Waals surface area contributed by atoms with Crippen LogP contribution in [0.2, 0.25) is 0 Å². The molecule has 1 aliphatic rings. The van der Waals surface area contributed by atoms with Crippen LogP contribution >= 0.6 is 12.4 Å². The summed E-state index contributed by atoms with van der Waals surface area (Å²) in [7, 11) is 2.17. The Morgan fingerprint density at radius 1 is 0.935 bits per heavy atom. The third-order valence-electron chi connectivity index (χ3n) is 5.84. The molecule has 0 N–H and O–H groups in total. The molecule has 6 heteroatoms. The Morgan fingerprint density at radius 2 is 1.77 bits per heavy atom. The van der Waals surface area contributed by atoms with E-state index in [1.54, 1.807) is 16.8 Å². The lowest BCUT2D eigenvalue weighted by Gasteiger charge is -2.12. The minimum absolute atomic E-state index is 0. The molecule has 160 valence electrons. The van der Waals surface area contributed by atoms with E-state index < -0.39 is 0 Å². The fraction of sp³-hybridized carbons (Fsp3) is 0.240. The highest BCUT2D eigenvalue weighted by molar-refractivity contribution is 5.85. The molecule has 0 radical (unpaired) electrons. The molecule has 0 amide bonds. The van der Waals surface area contributed by atoms with E-state index in [4.69, 9.17) is 4.74 Å². The summed E-state index contributed by atoms with van der Waals surface area (Å²) in [5.74, 6) is 0.584. The zero-order chi connectivity index (χ0) is 20.5. The molecule has 4 aromatic rings. The molecule has 0 fully saturated rings. The van der Waals surface area contributed by atoms with Gasteiger partial charge < -0.3 is 14.2 Å². The van der Waals surface area contributed by atoms with Crippen LogP contribution in [0, 0.1) is 0 Å². The second-order valence-corrected chi connectivity index (χ2v) is 7.93. The summed E-state index contributed by atoms with van der Waals surface area (Å²) in [6.45, 7) is 3.58. The fourth-order valence-corrected chi connectivity index (χ4v) is 4.13. The highest BCUT2D eigenvalue weighted by Crippen LogP contribution is 2.25. The first-order chi connectivity index (χ1) is 14.7. The number of rotatable bonds is 4. The van der Waals surface area contributed by atoms with E-state index in [1.165, 1.54) is 16.6 Å². The van der Waals surface area contributed by atoms with Crippen molar-refractivity contribution in [2.75, 3.05) is 20.1 Å². The lowest BCUT2D eigenvalue weighted by Crippen LogP contribution is -2.21. The standard InChI is InChI=1S/C25H25N3O2.ClH/c1-26-11-9-22-16-20-15-21(7-8-24(20)27(22)14-13-26)28-12-10-23(17-25(28)29)30-18-19-5-3-2-4-6-19;/h2-8,10,12,15-17H,9,11,13-14,18H2,1H3;1H. The molecule has 0 spiro atoms. The topological polar surface area (TPSA) is 39.4 Å². The first kappa shape index (κ1) is 21.2. The average molecular weight is 436 g/mol. The quantitative estimate of drug-likeness (QED) is 0.480. The second kappa shape index (κ2) is 9.00. The average Bonchev–Trinajstić information content (AvgIpc) is 3.01. The molecule has 3 heterocycles. The number of benzene rings is 2. The number of likely N-dealkylation sites (N-methyl/N-ethyl adjacent to an activating group) is 1. The Balaban J connectivity index is 0.00000231. The Morgan fingerprint density at radius 3 is 2.58 bits per heavy atom. The number of halogens is 1. The number of pyridine rings is 1. The van der Waals surface area contributed by atoms with E-state index in [0.717, 1.165) is 37.3 Å². The summed E-state index contributed by atoms with van der Waals surface area (Å²) in [5.41, 5.74) is 4.46. The minimum atomic E-state index is -0.0951. The van der Waals surface area contributed by atoms with Crippen molar-refractivity contribution in [2.45, 2.75) is 19.6 Å². The van der Waals surface area contributed by atoms with Gasteiger partial charge in [-0.1, -0.05) is 30.3 Å². The zero-order valence-electron chi connectivity index (χ0n) is 17.5. The third kappa shape index (κ3) is 4.38. The summed E-state index contributed by atoms with van der Waals surface area (Å²) in [6, 6.07) is 21.9. The van der Waals surface area contributed by atoms with Crippen molar-refractivity contribution >= 4 is 23.3 Å². The van der Waals surface area contributed by atoms with Gasteiger partial charge in [-0.3, -0.25) is 9.36 Å². The Bertz CT molecular complexity index is 1250. The van der Waals surface area contributed by atoms with Gasteiger partial charge >= 0.3 is 0 Å². The highest BCUT2D eigenvalue weighted by Gasteiger charge is 2.15. The summed E-state index contributed by atoms with van der Waals surface area (Å²) < 4.78 is 9.87. The number of hydrogen-bond acceptors (Lipinski definition) is 3. The maximum atomic E-state index is 12.7. The predicted octanol–water partition coefficient (Wildman–Crippen LogP) is 4.28. The number of ether oxygens (including phenoxy) is 1. The first-order valence-corrected chi connectivity index (χ1v) is 10.4. The van der Waals surface area contributed by atoms with Gasteiger partial charge in [0.25, 0.3) is 5.56 Å². The normalized spacial score (nSPS) is 14.0. The minimum Gasteiger partial charge on any atom is -0.489 e. The summed E-state index contributed by atoms with van der Waals surface area (Å²) in [4.78, 5) is 15.1. The Kier molecular flexibility index (Phi) is 6.16. The van der Waals surface area contributed by atoms with Crippen LogP contribution in [-0.4, -0.2) is 34.2 Å². The number of aromatic nitrogens is 2. The van der Waals surface area contributed by atoms with Crippen molar-refractivity contribution in [1.29, 1.82) is 0 Å². The van der Waals surface area contributed by atoms with E-state index in [1.807, 2.05) is 42.5 Å².